The first-order valence-electron chi connectivity index (χ1n) is 10.2. The van der Waals surface area contributed by atoms with E-state index >= 15 is 0 Å². The van der Waals surface area contributed by atoms with E-state index in [-0.39, 0.29) is 12.0 Å². The molecule has 9 heteroatoms. The number of aromatic nitrogens is 1. The second-order valence-electron chi connectivity index (χ2n) is 7.89. The Balaban J connectivity index is 1.50. The Morgan fingerprint density at radius 2 is 2.03 bits per heavy atom. The molecule has 2 heterocycles. The molecule has 5 nitrogen and oxygen atoms in total. The summed E-state index contributed by atoms with van der Waals surface area (Å²) in [6.07, 6.45) is 2.73. The summed E-state index contributed by atoms with van der Waals surface area (Å²) in [5, 5.41) is 0. The number of cyclic esters (lactones) is 1. The summed E-state index contributed by atoms with van der Waals surface area (Å²) in [5.74, 6) is -1.62. The molecule has 2 amide bonds. The molecule has 0 bridgehead atoms. The highest BCUT2D eigenvalue weighted by atomic mass is 19.4. The molecule has 0 saturated carbocycles. The van der Waals surface area contributed by atoms with Crippen LogP contribution in [0.15, 0.2) is 36.7 Å². The Kier molecular flexibility index (Phi) is 5.75. The molecule has 4 rings (SSSR count). The summed E-state index contributed by atoms with van der Waals surface area (Å²) in [6.45, 7) is 1.49. The highest BCUT2D eigenvalue weighted by Crippen LogP contribution is 2.37. The number of pyridine rings is 1. The van der Waals surface area contributed by atoms with Crippen molar-refractivity contribution in [1.29, 1.82) is 0 Å². The zero-order valence-corrected chi connectivity index (χ0v) is 17.2. The number of nitrogens with zero attached hydrogens (tertiary/aromatic N) is 2. The van der Waals surface area contributed by atoms with Crippen molar-refractivity contribution in [3.63, 3.8) is 0 Å². The van der Waals surface area contributed by atoms with Gasteiger partial charge in [-0.05, 0) is 66.6 Å². The first-order chi connectivity index (χ1) is 15.1. The molecule has 2 aliphatic rings. The number of carbonyl (C=O) groups excluding carboxylic acids is 2. The third-order valence-electron chi connectivity index (χ3n) is 5.74. The van der Waals surface area contributed by atoms with Crippen molar-refractivity contribution in [1.82, 2.24) is 9.88 Å². The quantitative estimate of drug-likeness (QED) is 0.601. The Bertz CT molecular complexity index is 1100. The lowest BCUT2D eigenvalue weighted by molar-refractivity contribution is -0.138. The summed E-state index contributed by atoms with van der Waals surface area (Å²) >= 11 is 0. The first kappa shape index (κ1) is 22.0. The van der Waals surface area contributed by atoms with Gasteiger partial charge in [-0.3, -0.25) is 9.78 Å². The summed E-state index contributed by atoms with van der Waals surface area (Å²) in [6, 6.07) is 1.10. The molecule has 1 aromatic carbocycles. The summed E-state index contributed by atoms with van der Waals surface area (Å²) in [4.78, 5) is 30.3. The van der Waals surface area contributed by atoms with E-state index < -0.39 is 41.7 Å². The Hall–Kier alpha value is -3.23. The van der Waals surface area contributed by atoms with Gasteiger partial charge in [0, 0.05) is 18.8 Å². The lowest BCUT2D eigenvalue weighted by Crippen LogP contribution is -2.38. The van der Waals surface area contributed by atoms with Crippen molar-refractivity contribution in [3.8, 4) is 0 Å². The van der Waals surface area contributed by atoms with Gasteiger partial charge in [-0.25, -0.2) is 14.1 Å². The van der Waals surface area contributed by atoms with Crippen molar-refractivity contribution >= 4 is 18.1 Å². The molecule has 1 aliphatic carbocycles. The first-order valence-corrected chi connectivity index (χ1v) is 10.2. The van der Waals surface area contributed by atoms with Crippen LogP contribution in [0.4, 0.5) is 22.4 Å². The van der Waals surface area contributed by atoms with E-state index in [1.807, 2.05) is 12.2 Å². The number of fused-ring (bicyclic) bond motifs is 1. The Labute approximate surface area is 181 Å². The zero-order valence-electron chi connectivity index (χ0n) is 17.2. The average molecular weight is 448 g/mol. The summed E-state index contributed by atoms with van der Waals surface area (Å²) < 4.78 is 58.1. The Morgan fingerprint density at radius 3 is 2.78 bits per heavy atom. The predicted octanol–water partition coefficient (Wildman–Crippen LogP) is 5.24. The van der Waals surface area contributed by atoms with E-state index in [2.05, 4.69) is 4.98 Å². The van der Waals surface area contributed by atoms with Crippen molar-refractivity contribution in [2.45, 2.75) is 50.9 Å². The molecule has 32 heavy (non-hydrogen) atoms. The fourth-order valence-electron chi connectivity index (χ4n) is 4.16. The molecule has 1 fully saturated rings. The Morgan fingerprint density at radius 1 is 1.25 bits per heavy atom. The van der Waals surface area contributed by atoms with Crippen LogP contribution in [0.1, 0.15) is 53.7 Å². The van der Waals surface area contributed by atoms with Crippen LogP contribution in [0.5, 0.6) is 0 Å². The number of aryl methyl sites for hydroxylation is 2. The van der Waals surface area contributed by atoms with Gasteiger partial charge in [0.25, 0.3) is 0 Å². The van der Waals surface area contributed by atoms with Gasteiger partial charge in [0.2, 0.25) is 5.91 Å². The lowest BCUT2D eigenvalue weighted by Gasteiger charge is -2.20. The van der Waals surface area contributed by atoms with E-state index in [1.165, 1.54) is 6.92 Å². The maximum Gasteiger partial charge on any atom is 0.417 e. The van der Waals surface area contributed by atoms with Crippen LogP contribution in [0.2, 0.25) is 0 Å². The van der Waals surface area contributed by atoms with Gasteiger partial charge in [-0.2, -0.15) is 13.2 Å². The summed E-state index contributed by atoms with van der Waals surface area (Å²) in [5.41, 5.74) is 1.66. The van der Waals surface area contributed by atoms with Crippen LogP contribution in [-0.2, 0) is 28.5 Å². The van der Waals surface area contributed by atoms with Gasteiger partial charge in [0.15, 0.2) is 0 Å². The van der Waals surface area contributed by atoms with E-state index in [1.54, 1.807) is 12.4 Å². The molecule has 0 spiro atoms. The second kappa shape index (κ2) is 8.37. The predicted molar refractivity (Wildman–Crippen MR) is 107 cm³/mol. The number of allylic oxidation sites excluding steroid dienone is 1. The molecular formula is C23H20F4N2O3. The van der Waals surface area contributed by atoms with Gasteiger partial charge >= 0.3 is 12.3 Å². The highest BCUT2D eigenvalue weighted by Gasteiger charge is 2.44. The van der Waals surface area contributed by atoms with Crippen molar-refractivity contribution in [2.75, 3.05) is 0 Å². The number of amides is 2. The minimum absolute atomic E-state index is 0.00488. The number of imide groups is 1. The van der Waals surface area contributed by atoms with Crippen LogP contribution in [0.25, 0.3) is 6.08 Å². The van der Waals surface area contributed by atoms with Crippen LogP contribution in [0, 0.1) is 5.82 Å². The monoisotopic (exact) mass is 448 g/mol. The van der Waals surface area contributed by atoms with Crippen LogP contribution in [-0.4, -0.2) is 27.9 Å². The average Bonchev–Trinajstić information content (AvgIpc) is 3.05. The highest BCUT2D eigenvalue weighted by molar-refractivity contribution is 5.94. The number of hydrogen-bond acceptors (Lipinski definition) is 4. The van der Waals surface area contributed by atoms with E-state index in [9.17, 15) is 27.2 Å². The van der Waals surface area contributed by atoms with E-state index in [0.29, 0.717) is 12.5 Å². The maximum atomic E-state index is 13.8. The van der Waals surface area contributed by atoms with Crippen LogP contribution in [0.3, 0.4) is 0 Å². The van der Waals surface area contributed by atoms with Crippen LogP contribution >= 0.6 is 0 Å². The molecule has 0 N–H and O–H groups in total. The number of alkyl halides is 3. The second-order valence-corrected chi connectivity index (χ2v) is 7.89. The standard InChI is InChI=1S/C23H20F4N2O3/c1-13-21(16-8-17(23(25,26)27)10-18(24)9-16)32-22(31)29(13)20(30)7-6-15-12-28-11-14-4-2-3-5-19(14)15/h3,5,8-13,21H,2,4,6-7H2,1H3. The van der Waals surface area contributed by atoms with E-state index in [4.69, 9.17) is 4.74 Å². The number of benzene rings is 1. The number of halogens is 4. The minimum Gasteiger partial charge on any atom is -0.439 e. The maximum absolute atomic E-state index is 13.8. The zero-order chi connectivity index (χ0) is 23.0. The smallest absolute Gasteiger partial charge is 0.417 e. The third kappa shape index (κ3) is 4.24. The number of rotatable bonds is 4. The molecule has 2 atom stereocenters. The molecule has 0 radical (unpaired) electrons. The number of hydrogen-bond donors (Lipinski definition) is 0. The fourth-order valence-corrected chi connectivity index (χ4v) is 4.16. The number of carbonyl (C=O) groups is 2. The summed E-state index contributed by atoms with van der Waals surface area (Å²) in [7, 11) is 0. The number of ether oxygens (including phenoxy) is 1. The van der Waals surface area contributed by atoms with Gasteiger partial charge in [0.1, 0.15) is 11.9 Å². The minimum atomic E-state index is -4.75. The molecule has 1 aliphatic heterocycles. The van der Waals surface area contributed by atoms with Crippen LogP contribution < -0.4 is 0 Å². The topological polar surface area (TPSA) is 59.5 Å². The van der Waals surface area contributed by atoms with Crippen molar-refractivity contribution < 1.29 is 31.9 Å². The fraction of sp³-hybridized carbons (Fsp3) is 0.348. The van der Waals surface area contributed by atoms with Crippen molar-refractivity contribution in [3.05, 3.63) is 70.3 Å². The van der Waals surface area contributed by atoms with Gasteiger partial charge in [-0.15, -0.1) is 0 Å². The van der Waals surface area contributed by atoms with Gasteiger partial charge in [-0.1, -0.05) is 12.2 Å². The molecule has 2 aromatic rings. The van der Waals surface area contributed by atoms with E-state index in [0.717, 1.165) is 46.6 Å². The largest absolute Gasteiger partial charge is 0.439 e. The molecule has 2 unspecified atom stereocenters. The molecule has 168 valence electrons. The normalized spacial score (nSPS) is 20.3. The van der Waals surface area contributed by atoms with Gasteiger partial charge in [0.05, 0.1) is 11.6 Å². The van der Waals surface area contributed by atoms with Gasteiger partial charge < -0.3 is 4.74 Å². The molecule has 1 aromatic heterocycles. The molecule has 1 saturated heterocycles. The lowest BCUT2D eigenvalue weighted by atomic mass is 9.93. The SMILES string of the molecule is CC1C(c2cc(F)cc(C(F)(F)F)c2)OC(=O)N1C(=O)CCc1cncc2c1C=CCC2. The molecular weight excluding hydrogens is 428 g/mol. The third-order valence-corrected chi connectivity index (χ3v) is 5.74. The van der Waals surface area contributed by atoms with Crippen molar-refractivity contribution in [2.24, 2.45) is 0 Å².